The van der Waals surface area contributed by atoms with Crippen LogP contribution in [0, 0.1) is 11.7 Å². The van der Waals surface area contributed by atoms with Gasteiger partial charge in [0.2, 0.25) is 0 Å². The van der Waals surface area contributed by atoms with Crippen molar-refractivity contribution in [2.45, 2.75) is 38.4 Å². The van der Waals surface area contributed by atoms with Crippen molar-refractivity contribution in [1.29, 1.82) is 0 Å². The van der Waals surface area contributed by atoms with Crippen molar-refractivity contribution in [3.05, 3.63) is 114 Å². The molecule has 0 saturated carbocycles. The first-order valence-electron chi connectivity index (χ1n) is 14.9. The number of esters is 4. The first-order valence-corrected chi connectivity index (χ1v) is 14.9. The summed E-state index contributed by atoms with van der Waals surface area (Å²) in [6.07, 6.45) is 1.08. The van der Waals surface area contributed by atoms with Gasteiger partial charge in [0.15, 0.2) is 12.2 Å². The quantitative estimate of drug-likeness (QED) is 0.161. The number of hydrogen-bond donors (Lipinski definition) is 3. The molecule has 1 aliphatic rings. The molecule has 1 aliphatic heterocycles. The van der Waals surface area contributed by atoms with E-state index in [1.807, 2.05) is 0 Å². The molecular formula is C35H38FNO9. The minimum absolute atomic E-state index is 0.0318. The van der Waals surface area contributed by atoms with Crippen LogP contribution in [0.2, 0.25) is 0 Å². The Morgan fingerprint density at radius 1 is 0.804 bits per heavy atom. The summed E-state index contributed by atoms with van der Waals surface area (Å²) in [5.41, 5.74) is 2.24. The largest absolute Gasteiger partial charge is 0.396 e. The highest BCUT2D eigenvalue weighted by molar-refractivity contribution is 6.01. The normalized spacial score (nSPS) is 15.8. The van der Waals surface area contributed by atoms with E-state index in [2.05, 4.69) is 27.4 Å². The molecule has 3 aromatic rings. The second-order valence-corrected chi connectivity index (χ2v) is 10.6. The van der Waals surface area contributed by atoms with Gasteiger partial charge in [-0.05, 0) is 60.5 Å². The van der Waals surface area contributed by atoms with Crippen molar-refractivity contribution >= 4 is 29.5 Å². The van der Waals surface area contributed by atoms with Gasteiger partial charge in [0, 0.05) is 19.0 Å². The van der Waals surface area contributed by atoms with E-state index >= 15 is 0 Å². The average Bonchev–Trinajstić information content (AvgIpc) is 3.09. The molecule has 0 spiro atoms. The first-order chi connectivity index (χ1) is 22.1. The molecule has 10 nitrogen and oxygen atoms in total. The summed E-state index contributed by atoms with van der Waals surface area (Å²) in [6.45, 7) is 5.26. The van der Waals surface area contributed by atoms with Gasteiger partial charge in [0.05, 0.1) is 17.7 Å². The Kier molecular flexibility index (Phi) is 14.4. The SMILES string of the molecule is CCCCCN1CC=C(c2ccc(F)cc2)C(CO)C1.O=C(OC(=O)C(O)C(O)C(=O)OC(=O)c1ccccc1)c1ccccc1. The van der Waals surface area contributed by atoms with Gasteiger partial charge in [0.1, 0.15) is 5.82 Å². The van der Waals surface area contributed by atoms with Crippen LogP contribution in [0.5, 0.6) is 0 Å². The van der Waals surface area contributed by atoms with Crippen molar-refractivity contribution < 1.29 is 48.4 Å². The fourth-order valence-corrected chi connectivity index (χ4v) is 4.63. The van der Waals surface area contributed by atoms with Gasteiger partial charge in [-0.1, -0.05) is 74.4 Å². The van der Waals surface area contributed by atoms with Gasteiger partial charge in [-0.15, -0.1) is 0 Å². The van der Waals surface area contributed by atoms with Crippen LogP contribution in [-0.4, -0.2) is 82.5 Å². The Bertz CT molecular complexity index is 1390. The summed E-state index contributed by atoms with van der Waals surface area (Å²) >= 11 is 0. The molecule has 0 aromatic heterocycles. The van der Waals surface area contributed by atoms with Gasteiger partial charge in [-0.2, -0.15) is 0 Å². The molecule has 0 saturated heterocycles. The highest BCUT2D eigenvalue weighted by Crippen LogP contribution is 2.28. The number of carbonyl (C=O) groups is 4. The van der Waals surface area contributed by atoms with Crippen LogP contribution >= 0.6 is 0 Å². The summed E-state index contributed by atoms with van der Waals surface area (Å²) < 4.78 is 21.7. The third-order valence-electron chi connectivity index (χ3n) is 7.15. The molecule has 3 atom stereocenters. The molecule has 0 amide bonds. The summed E-state index contributed by atoms with van der Waals surface area (Å²) in [5, 5.41) is 28.9. The minimum atomic E-state index is -2.40. The topological polar surface area (TPSA) is 151 Å². The Labute approximate surface area is 266 Å². The molecule has 244 valence electrons. The Morgan fingerprint density at radius 3 is 1.76 bits per heavy atom. The zero-order valence-electron chi connectivity index (χ0n) is 25.5. The second-order valence-electron chi connectivity index (χ2n) is 10.6. The number of ether oxygens (including phenoxy) is 2. The molecule has 0 aliphatic carbocycles. The van der Waals surface area contributed by atoms with E-state index in [4.69, 9.17) is 0 Å². The van der Waals surface area contributed by atoms with Crippen molar-refractivity contribution in [3.8, 4) is 0 Å². The van der Waals surface area contributed by atoms with Crippen molar-refractivity contribution in [1.82, 2.24) is 4.90 Å². The maximum Gasteiger partial charge on any atom is 0.346 e. The molecule has 0 bridgehead atoms. The number of unbranched alkanes of at least 4 members (excludes halogenated alkanes) is 2. The van der Waals surface area contributed by atoms with E-state index in [1.165, 1.54) is 79.9 Å². The van der Waals surface area contributed by atoms with E-state index in [1.54, 1.807) is 24.3 Å². The van der Waals surface area contributed by atoms with E-state index in [0.717, 1.165) is 30.8 Å². The number of benzene rings is 3. The van der Waals surface area contributed by atoms with E-state index in [-0.39, 0.29) is 29.5 Å². The maximum absolute atomic E-state index is 13.0. The molecular weight excluding hydrogens is 597 g/mol. The lowest BCUT2D eigenvalue weighted by Crippen LogP contribution is -2.43. The predicted molar refractivity (Wildman–Crippen MR) is 167 cm³/mol. The van der Waals surface area contributed by atoms with Crippen LogP contribution in [0.25, 0.3) is 5.57 Å². The zero-order chi connectivity index (χ0) is 33.5. The molecule has 3 unspecified atom stereocenters. The van der Waals surface area contributed by atoms with Gasteiger partial charge >= 0.3 is 23.9 Å². The minimum Gasteiger partial charge on any atom is -0.396 e. The molecule has 3 aromatic carbocycles. The fraction of sp³-hybridized carbons (Fsp3) is 0.314. The molecule has 0 radical (unpaired) electrons. The first kappa shape index (κ1) is 35.9. The molecule has 4 rings (SSSR count). The molecule has 46 heavy (non-hydrogen) atoms. The van der Waals surface area contributed by atoms with Crippen molar-refractivity contribution in [2.24, 2.45) is 5.92 Å². The Balaban J connectivity index is 0.000000259. The number of aliphatic hydroxyl groups excluding tert-OH is 3. The molecule has 0 fully saturated rings. The number of hydrogen-bond acceptors (Lipinski definition) is 10. The van der Waals surface area contributed by atoms with Crippen molar-refractivity contribution in [2.75, 3.05) is 26.2 Å². The van der Waals surface area contributed by atoms with Crippen LogP contribution in [0.1, 0.15) is 52.5 Å². The van der Waals surface area contributed by atoms with Gasteiger partial charge in [0.25, 0.3) is 0 Å². The third kappa shape index (κ3) is 10.8. The lowest BCUT2D eigenvalue weighted by Gasteiger charge is -2.32. The number of nitrogens with zero attached hydrogens (tertiary/aromatic N) is 1. The van der Waals surface area contributed by atoms with Crippen LogP contribution in [0.3, 0.4) is 0 Å². The van der Waals surface area contributed by atoms with Crippen molar-refractivity contribution in [3.63, 3.8) is 0 Å². The maximum atomic E-state index is 13.0. The predicted octanol–water partition coefficient (Wildman–Crippen LogP) is 3.80. The number of carbonyl (C=O) groups excluding carboxylic acids is 4. The molecule has 11 heteroatoms. The summed E-state index contributed by atoms with van der Waals surface area (Å²) in [4.78, 5) is 49.2. The molecule has 1 heterocycles. The average molecular weight is 636 g/mol. The second kappa shape index (κ2) is 18.4. The van der Waals surface area contributed by atoms with Crippen LogP contribution in [0.15, 0.2) is 91.0 Å². The smallest absolute Gasteiger partial charge is 0.346 e. The summed E-state index contributed by atoms with van der Waals surface area (Å²) in [5.74, 6) is -5.35. The number of halogens is 1. The van der Waals surface area contributed by atoms with Gasteiger partial charge in [-0.25, -0.2) is 23.6 Å². The lowest BCUT2D eigenvalue weighted by atomic mass is 9.89. The highest BCUT2D eigenvalue weighted by atomic mass is 19.1. The van der Waals surface area contributed by atoms with Crippen LogP contribution in [-0.2, 0) is 19.1 Å². The Hall–Kier alpha value is -4.55. The van der Waals surface area contributed by atoms with E-state index in [0.29, 0.717) is 0 Å². The highest BCUT2D eigenvalue weighted by Gasteiger charge is 2.35. The fourth-order valence-electron chi connectivity index (χ4n) is 4.63. The van der Waals surface area contributed by atoms with Gasteiger partial charge in [-0.3, -0.25) is 4.90 Å². The third-order valence-corrected chi connectivity index (χ3v) is 7.15. The van der Waals surface area contributed by atoms with E-state index in [9.17, 15) is 38.9 Å². The monoisotopic (exact) mass is 635 g/mol. The number of rotatable bonds is 11. The van der Waals surface area contributed by atoms with Crippen LogP contribution < -0.4 is 0 Å². The number of aliphatic hydroxyl groups is 3. The summed E-state index contributed by atoms with van der Waals surface area (Å²) in [6, 6.07) is 21.4. The van der Waals surface area contributed by atoms with Crippen LogP contribution in [0.4, 0.5) is 4.39 Å². The van der Waals surface area contributed by atoms with E-state index < -0.39 is 36.1 Å². The summed E-state index contributed by atoms with van der Waals surface area (Å²) in [7, 11) is 0. The molecule has 3 N–H and O–H groups in total. The standard InChI is InChI=1S/C18H14O8.C17H24FNO/c19-13(17(23)25-15(21)11-7-3-1-4-8-11)14(20)18(24)26-16(22)12-9-5-2-6-10-12;1-2-3-4-10-19-11-9-17(15(12-19)13-20)14-5-7-16(18)8-6-14/h1-10,13-14,19-20H;5-9,15,20H,2-4,10-13H2,1H3. The van der Waals surface area contributed by atoms with Gasteiger partial charge < -0.3 is 24.8 Å². The zero-order valence-corrected chi connectivity index (χ0v) is 25.5. The Morgan fingerprint density at radius 2 is 1.30 bits per heavy atom. The lowest BCUT2D eigenvalue weighted by molar-refractivity contribution is -0.166.